The van der Waals surface area contributed by atoms with E-state index in [0.29, 0.717) is 0 Å². The Morgan fingerprint density at radius 1 is 2.00 bits per heavy atom. The number of nitrogens with zero attached hydrogens (tertiary/aromatic N) is 1. The number of nitrogens with two attached hydrogens (primary N) is 1. The second kappa shape index (κ2) is 2.50. The van der Waals surface area contributed by atoms with Crippen LogP contribution in [0.4, 0.5) is 0 Å². The van der Waals surface area contributed by atoms with E-state index in [1.807, 2.05) is 0 Å². The predicted octanol–water partition coefficient (Wildman–Crippen LogP) is -0.0173. The summed E-state index contributed by atoms with van der Waals surface area (Å²) in [5, 5.41) is 6.10. The summed E-state index contributed by atoms with van der Waals surface area (Å²) in [5.41, 5.74) is 4.79. The predicted molar refractivity (Wildman–Crippen MR) is 26.9 cm³/mol. The molecule has 0 aromatic rings. The summed E-state index contributed by atoms with van der Waals surface area (Å²) < 4.78 is 0. The van der Waals surface area contributed by atoms with Crippen LogP contribution in [0, 0.1) is 5.41 Å². The third-order valence-electron chi connectivity index (χ3n) is 0.166. The first kappa shape index (κ1) is 5.27. The van der Waals surface area contributed by atoms with Crippen molar-refractivity contribution in [3.8, 4) is 0 Å². The molecule has 0 aliphatic rings. The molecule has 0 saturated heterocycles. The van der Waals surface area contributed by atoms with Crippen molar-refractivity contribution in [3.63, 3.8) is 0 Å². The molecule has 3 nitrogen and oxygen atoms in total. The van der Waals surface area contributed by atoms with Crippen LogP contribution in [0.2, 0.25) is 0 Å². The van der Waals surface area contributed by atoms with Crippen molar-refractivity contribution in [1.82, 2.24) is 0 Å². The highest BCUT2D eigenvalue weighted by atomic mass is 32.1. The number of aliphatic imine (C=N–C) groups is 1. The molecule has 0 aliphatic carbocycles. The molecule has 0 rings (SSSR count). The number of thiocarbonyl (C=S) groups is 1. The van der Waals surface area contributed by atoms with E-state index in [0.717, 1.165) is 0 Å². The fourth-order valence-corrected chi connectivity index (χ4v) is 0.101. The van der Waals surface area contributed by atoms with E-state index in [-0.39, 0.29) is 5.11 Å². The average Bonchev–Trinajstić information content (AvgIpc) is 1.35. The van der Waals surface area contributed by atoms with E-state index < -0.39 is 0 Å². The Morgan fingerprint density at radius 3 is 2.50 bits per heavy atom. The molecule has 0 amide bonds. The zero-order valence-electron chi connectivity index (χ0n) is 2.93. The summed E-state index contributed by atoms with van der Waals surface area (Å²) in [6, 6.07) is 1.68. The molecule has 0 radical (unpaired) electrons. The van der Waals surface area contributed by atoms with Crippen molar-refractivity contribution < 1.29 is 0 Å². The van der Waals surface area contributed by atoms with Crippen LogP contribution in [0.1, 0.15) is 0 Å². The lowest BCUT2D eigenvalue weighted by Crippen LogP contribution is -2.01. The maximum atomic E-state index is 6.15. The van der Waals surface area contributed by atoms with Gasteiger partial charge in [0.15, 0.2) is 5.11 Å². The fraction of sp³-hybridized carbons (Fsp3) is 0. The van der Waals surface area contributed by atoms with Gasteiger partial charge in [-0.25, -0.2) is 5.41 Å². The highest BCUT2D eigenvalue weighted by molar-refractivity contribution is 7.80. The molecule has 0 aromatic carbocycles. The van der Waals surface area contributed by atoms with E-state index in [1.54, 1.807) is 6.01 Å². The smallest absolute Gasteiger partial charge is 0.200 e. The maximum absolute atomic E-state index is 6.15. The van der Waals surface area contributed by atoms with Gasteiger partial charge in [0.2, 0.25) is 0 Å². The second-order valence-corrected chi connectivity index (χ2v) is 0.980. The number of hydrogen-bond donors (Lipinski definition) is 2. The van der Waals surface area contributed by atoms with Crippen molar-refractivity contribution in [3.05, 3.63) is 0 Å². The highest BCUT2D eigenvalue weighted by Gasteiger charge is 1.67. The zero-order chi connectivity index (χ0) is 4.99. The molecule has 0 aromatic heterocycles. The Hall–Kier alpha value is -0.730. The van der Waals surface area contributed by atoms with E-state index in [4.69, 9.17) is 11.1 Å². The summed E-state index contributed by atoms with van der Waals surface area (Å²) >= 11 is 4.22. The lowest BCUT2D eigenvalue weighted by Gasteiger charge is -1.70. The normalized spacial score (nSPS) is 6.00. The van der Waals surface area contributed by atoms with Crippen LogP contribution in [0.5, 0.6) is 0 Å². The molecule has 0 fully saturated rings. The minimum absolute atomic E-state index is 0.0509. The molecule has 0 spiro atoms. The zero-order valence-corrected chi connectivity index (χ0v) is 3.75. The molecular weight excluding hydrogens is 98.1 g/mol. The lowest BCUT2D eigenvalue weighted by atomic mass is 11.2. The van der Waals surface area contributed by atoms with Crippen molar-refractivity contribution in [2.24, 2.45) is 10.7 Å². The molecule has 4 heteroatoms. The monoisotopic (exact) mass is 101 g/mol. The first-order valence-electron chi connectivity index (χ1n) is 1.19. The van der Waals surface area contributed by atoms with Crippen molar-refractivity contribution >= 4 is 23.3 Å². The molecule has 0 saturated carbocycles. The van der Waals surface area contributed by atoms with Crippen molar-refractivity contribution in [2.45, 2.75) is 0 Å². The number of rotatable bonds is 0. The summed E-state index contributed by atoms with van der Waals surface area (Å²) in [7, 11) is 0. The van der Waals surface area contributed by atoms with Gasteiger partial charge in [0.25, 0.3) is 0 Å². The molecular formula is C2H3N3S. The quantitative estimate of drug-likeness (QED) is 0.333. The number of nitrogens with one attached hydrogen (secondary N) is 1. The van der Waals surface area contributed by atoms with E-state index in [2.05, 4.69) is 17.2 Å². The van der Waals surface area contributed by atoms with Gasteiger partial charge in [-0.2, -0.15) is 4.99 Å². The summed E-state index contributed by atoms with van der Waals surface area (Å²) in [6.45, 7) is 0. The van der Waals surface area contributed by atoms with Gasteiger partial charge in [-0.15, -0.1) is 0 Å². The summed E-state index contributed by atoms with van der Waals surface area (Å²) in [5.74, 6) is 0. The topological polar surface area (TPSA) is 62.2 Å². The molecule has 0 heterocycles. The Kier molecular flexibility index (Phi) is 2.20. The van der Waals surface area contributed by atoms with Gasteiger partial charge in [0, 0.05) is 0 Å². The van der Waals surface area contributed by atoms with E-state index in [9.17, 15) is 0 Å². The number of hydrogen-bond acceptors (Lipinski definition) is 2. The molecule has 6 heavy (non-hydrogen) atoms. The Morgan fingerprint density at radius 2 is 2.50 bits per heavy atom. The van der Waals surface area contributed by atoms with Gasteiger partial charge in [-0.3, -0.25) is 0 Å². The molecule has 0 atom stereocenters. The summed E-state index contributed by atoms with van der Waals surface area (Å²) in [6.07, 6.45) is 0. The molecule has 0 bridgehead atoms. The second-order valence-electron chi connectivity index (χ2n) is 0.562. The van der Waals surface area contributed by atoms with E-state index >= 15 is 0 Å². The molecule has 0 unspecified atom stereocenters. The van der Waals surface area contributed by atoms with Crippen molar-refractivity contribution in [2.75, 3.05) is 0 Å². The molecule has 32 valence electrons. The Bertz CT molecular complexity index is 101. The highest BCUT2D eigenvalue weighted by Crippen LogP contribution is 1.58. The largest absolute Gasteiger partial charge is 0.374 e. The van der Waals surface area contributed by atoms with Gasteiger partial charge in [-0.1, -0.05) is 0 Å². The SMILES string of the molecule is N=C=NC(N)=S. The third kappa shape index (κ3) is 3.27. The van der Waals surface area contributed by atoms with Gasteiger partial charge in [-0.05, 0) is 12.2 Å². The Labute approximate surface area is 40.4 Å². The molecule has 3 N–H and O–H groups in total. The van der Waals surface area contributed by atoms with Crippen LogP contribution >= 0.6 is 12.2 Å². The van der Waals surface area contributed by atoms with Crippen LogP contribution in [0.3, 0.4) is 0 Å². The molecule has 0 aliphatic heterocycles. The lowest BCUT2D eigenvalue weighted by molar-refractivity contribution is 1.53. The van der Waals surface area contributed by atoms with Crippen LogP contribution in [0.15, 0.2) is 4.99 Å². The standard InChI is InChI=1S/C2H3N3S/c3-1-5-2(4)6/h3H,(H2,4,6). The van der Waals surface area contributed by atoms with Crippen LogP contribution in [0.25, 0.3) is 0 Å². The third-order valence-corrected chi connectivity index (χ3v) is 0.257. The maximum Gasteiger partial charge on any atom is 0.200 e. The average molecular weight is 101 g/mol. The first-order valence-corrected chi connectivity index (χ1v) is 1.60. The first-order chi connectivity index (χ1) is 2.77. The van der Waals surface area contributed by atoms with E-state index in [1.165, 1.54) is 0 Å². The van der Waals surface area contributed by atoms with Gasteiger partial charge in [0.1, 0.15) is 0 Å². The fourth-order valence-electron chi connectivity index (χ4n) is 0.0551. The minimum atomic E-state index is -0.0509. The minimum Gasteiger partial charge on any atom is -0.374 e. The van der Waals surface area contributed by atoms with Crippen LogP contribution in [-0.4, -0.2) is 11.1 Å². The van der Waals surface area contributed by atoms with Crippen LogP contribution < -0.4 is 5.73 Å². The van der Waals surface area contributed by atoms with Gasteiger partial charge in [0.05, 0.1) is 6.01 Å². The Balaban J connectivity index is 3.60. The van der Waals surface area contributed by atoms with Crippen molar-refractivity contribution in [1.29, 1.82) is 5.41 Å². The van der Waals surface area contributed by atoms with Gasteiger partial charge < -0.3 is 5.73 Å². The van der Waals surface area contributed by atoms with Gasteiger partial charge >= 0.3 is 0 Å². The summed E-state index contributed by atoms with van der Waals surface area (Å²) in [4.78, 5) is 3.05. The van der Waals surface area contributed by atoms with Crippen LogP contribution in [-0.2, 0) is 0 Å².